The van der Waals surface area contributed by atoms with Crippen molar-refractivity contribution in [2.75, 3.05) is 18.0 Å². The van der Waals surface area contributed by atoms with Crippen molar-refractivity contribution in [1.29, 1.82) is 0 Å². The fourth-order valence-electron chi connectivity index (χ4n) is 1.47. The summed E-state index contributed by atoms with van der Waals surface area (Å²) in [6.45, 7) is 2.81. The van der Waals surface area contributed by atoms with Gasteiger partial charge in [0.25, 0.3) is 0 Å². The van der Waals surface area contributed by atoms with E-state index < -0.39 is 9.67 Å². The van der Waals surface area contributed by atoms with Gasteiger partial charge in [0.1, 0.15) is 9.67 Å². The van der Waals surface area contributed by atoms with Crippen molar-refractivity contribution in [2.45, 2.75) is 16.6 Å². The van der Waals surface area contributed by atoms with E-state index in [-0.39, 0.29) is 0 Å². The van der Waals surface area contributed by atoms with Crippen molar-refractivity contribution >= 4 is 63.7 Å². The van der Waals surface area contributed by atoms with Gasteiger partial charge in [-0.05, 0) is 24.6 Å². The molecule has 0 aliphatic rings. The normalized spacial score (nSPS) is 11.3. The van der Waals surface area contributed by atoms with Gasteiger partial charge in [-0.1, -0.05) is 17.7 Å². The monoisotopic (exact) mass is 333 g/mol. The predicted molar refractivity (Wildman–Crippen MR) is 79.4 cm³/mol. The molecule has 6 heteroatoms. The lowest BCUT2D eigenvalue weighted by molar-refractivity contribution is 0.837. The number of benzene rings is 1. The third kappa shape index (κ3) is 5.32. The van der Waals surface area contributed by atoms with Crippen molar-refractivity contribution in [3.8, 4) is 0 Å². The lowest BCUT2D eigenvalue weighted by atomic mass is 10.2. The molecule has 0 saturated carbocycles. The van der Waals surface area contributed by atoms with Crippen molar-refractivity contribution in [3.63, 3.8) is 0 Å². The Hall–Kier alpha value is 0.470. The number of aryl methyl sites for hydroxylation is 1. The SMILES string of the molecule is Cc1ccc(N(CC(Cl)Cl)CC(Cl)Cl)c(Cl)c1. The molecule has 0 fully saturated rings. The van der Waals surface area contributed by atoms with Crippen LogP contribution in [0.15, 0.2) is 18.2 Å². The van der Waals surface area contributed by atoms with E-state index in [2.05, 4.69) is 0 Å². The van der Waals surface area contributed by atoms with Crippen LogP contribution in [-0.2, 0) is 0 Å². The van der Waals surface area contributed by atoms with Crippen LogP contribution in [0.25, 0.3) is 0 Å². The number of hydrogen-bond donors (Lipinski definition) is 0. The quantitative estimate of drug-likeness (QED) is 0.680. The van der Waals surface area contributed by atoms with Crippen LogP contribution in [-0.4, -0.2) is 22.8 Å². The number of alkyl halides is 4. The van der Waals surface area contributed by atoms with Crippen molar-refractivity contribution in [2.24, 2.45) is 0 Å². The Morgan fingerprint density at radius 3 is 2.00 bits per heavy atom. The fourth-order valence-corrected chi connectivity index (χ4v) is 2.49. The van der Waals surface area contributed by atoms with Crippen LogP contribution in [0.4, 0.5) is 5.69 Å². The van der Waals surface area contributed by atoms with Crippen LogP contribution >= 0.6 is 58.0 Å². The Labute approximate surface area is 127 Å². The van der Waals surface area contributed by atoms with E-state index in [1.807, 2.05) is 30.0 Å². The van der Waals surface area contributed by atoms with Crippen LogP contribution < -0.4 is 4.90 Å². The third-order valence-corrected chi connectivity index (χ3v) is 3.02. The summed E-state index contributed by atoms with van der Waals surface area (Å²) in [4.78, 5) is 0.816. The van der Waals surface area contributed by atoms with E-state index in [0.29, 0.717) is 18.1 Å². The lowest BCUT2D eigenvalue weighted by Gasteiger charge is -2.27. The standard InChI is InChI=1S/C11H12Cl5N/c1-7-2-3-9(8(12)4-7)17(5-10(13)14)6-11(15)16/h2-4,10-11H,5-6H2,1H3. The predicted octanol–water partition coefficient (Wildman–Crippen LogP) is 5.06. The molecule has 0 unspecified atom stereocenters. The molecular weight excluding hydrogens is 323 g/mol. The summed E-state index contributed by atoms with van der Waals surface area (Å²) >= 11 is 29.3. The second kappa shape index (κ2) is 7.16. The minimum atomic E-state index is -0.528. The molecule has 0 aliphatic carbocycles. The summed E-state index contributed by atoms with van der Waals surface area (Å²) in [5.41, 5.74) is 1.91. The summed E-state index contributed by atoms with van der Waals surface area (Å²) in [6, 6.07) is 5.74. The van der Waals surface area contributed by atoms with Gasteiger partial charge in [0.2, 0.25) is 0 Å². The van der Waals surface area contributed by atoms with E-state index in [0.717, 1.165) is 11.3 Å². The van der Waals surface area contributed by atoms with Gasteiger partial charge >= 0.3 is 0 Å². The average Bonchev–Trinajstić information content (AvgIpc) is 2.14. The molecule has 0 saturated heterocycles. The molecule has 0 radical (unpaired) electrons. The third-order valence-electron chi connectivity index (χ3n) is 2.16. The molecule has 0 heterocycles. The summed E-state index contributed by atoms with van der Waals surface area (Å²) in [5.74, 6) is 0. The smallest absolute Gasteiger partial charge is 0.125 e. The first-order valence-electron chi connectivity index (χ1n) is 4.97. The summed E-state index contributed by atoms with van der Waals surface area (Å²) < 4.78 is 0. The van der Waals surface area contributed by atoms with Gasteiger partial charge in [-0.25, -0.2) is 0 Å². The van der Waals surface area contributed by atoms with Crippen LogP contribution in [0.1, 0.15) is 5.56 Å². The topological polar surface area (TPSA) is 3.24 Å². The Kier molecular flexibility index (Phi) is 6.54. The number of hydrogen-bond acceptors (Lipinski definition) is 1. The number of anilines is 1. The van der Waals surface area contributed by atoms with Crippen LogP contribution in [0.3, 0.4) is 0 Å². The van der Waals surface area contributed by atoms with Gasteiger partial charge in [0.05, 0.1) is 10.7 Å². The molecule has 0 N–H and O–H groups in total. The molecule has 0 spiro atoms. The van der Waals surface area contributed by atoms with E-state index in [9.17, 15) is 0 Å². The van der Waals surface area contributed by atoms with Crippen molar-refractivity contribution in [3.05, 3.63) is 28.8 Å². The zero-order valence-electron chi connectivity index (χ0n) is 9.14. The highest BCUT2D eigenvalue weighted by Gasteiger charge is 2.16. The van der Waals surface area contributed by atoms with Crippen LogP contribution in [0, 0.1) is 6.92 Å². The second-order valence-corrected chi connectivity index (χ2v) is 6.60. The van der Waals surface area contributed by atoms with Gasteiger partial charge in [0, 0.05) is 13.1 Å². The zero-order valence-corrected chi connectivity index (χ0v) is 12.9. The molecular formula is C11H12Cl5N. The number of nitrogens with zero attached hydrogens (tertiary/aromatic N) is 1. The molecule has 1 aromatic rings. The summed E-state index contributed by atoms with van der Waals surface area (Å²) in [7, 11) is 0. The van der Waals surface area contributed by atoms with Gasteiger partial charge in [-0.15, -0.1) is 46.4 Å². The van der Waals surface area contributed by atoms with Gasteiger partial charge in [-0.2, -0.15) is 0 Å². The number of halogens is 5. The first kappa shape index (κ1) is 15.5. The molecule has 0 atom stereocenters. The van der Waals surface area contributed by atoms with Crippen molar-refractivity contribution in [1.82, 2.24) is 0 Å². The first-order valence-corrected chi connectivity index (χ1v) is 7.10. The van der Waals surface area contributed by atoms with E-state index in [4.69, 9.17) is 58.0 Å². The van der Waals surface area contributed by atoms with Crippen LogP contribution in [0.5, 0.6) is 0 Å². The van der Waals surface area contributed by atoms with E-state index >= 15 is 0 Å². The molecule has 0 bridgehead atoms. The van der Waals surface area contributed by atoms with Crippen LogP contribution in [0.2, 0.25) is 5.02 Å². The highest BCUT2D eigenvalue weighted by molar-refractivity contribution is 6.45. The van der Waals surface area contributed by atoms with Gasteiger partial charge in [-0.3, -0.25) is 0 Å². The van der Waals surface area contributed by atoms with Gasteiger partial charge < -0.3 is 4.90 Å². The highest BCUT2D eigenvalue weighted by atomic mass is 35.5. The van der Waals surface area contributed by atoms with Crippen molar-refractivity contribution < 1.29 is 0 Å². The molecule has 0 aliphatic heterocycles. The minimum Gasteiger partial charge on any atom is -0.365 e. The first-order chi connectivity index (χ1) is 7.90. The maximum Gasteiger partial charge on any atom is 0.125 e. The average molecular weight is 335 g/mol. The largest absolute Gasteiger partial charge is 0.365 e. The molecule has 17 heavy (non-hydrogen) atoms. The summed E-state index contributed by atoms with van der Waals surface area (Å²) in [6.07, 6.45) is 0. The molecule has 96 valence electrons. The Bertz CT molecular complexity index is 357. The molecule has 1 nitrogen and oxygen atoms in total. The lowest BCUT2D eigenvalue weighted by Crippen LogP contribution is -2.32. The molecule has 1 aromatic carbocycles. The molecule has 0 amide bonds. The molecule has 0 aromatic heterocycles. The Balaban J connectivity index is 2.95. The fraction of sp³-hybridized carbons (Fsp3) is 0.455. The Morgan fingerprint density at radius 1 is 1.06 bits per heavy atom. The summed E-state index contributed by atoms with van der Waals surface area (Å²) in [5, 5.41) is 0.632. The second-order valence-electron chi connectivity index (χ2n) is 3.64. The maximum atomic E-state index is 6.18. The minimum absolute atomic E-state index is 0.418. The van der Waals surface area contributed by atoms with E-state index in [1.165, 1.54) is 0 Å². The van der Waals surface area contributed by atoms with Gasteiger partial charge in [0.15, 0.2) is 0 Å². The molecule has 1 rings (SSSR count). The Morgan fingerprint density at radius 2 is 1.59 bits per heavy atom. The highest BCUT2D eigenvalue weighted by Crippen LogP contribution is 2.28. The number of rotatable bonds is 5. The zero-order chi connectivity index (χ0) is 13.0. The van der Waals surface area contributed by atoms with E-state index in [1.54, 1.807) is 0 Å². The maximum absolute atomic E-state index is 6.18.